The molecule has 1 aromatic rings. The molecule has 14 heavy (non-hydrogen) atoms. The third kappa shape index (κ3) is 2.78. The maximum absolute atomic E-state index is 10.5. The van der Waals surface area contributed by atoms with Crippen LogP contribution in [0.1, 0.15) is 24.4 Å². The number of hydrogen-bond acceptors (Lipinski definition) is 4. The van der Waals surface area contributed by atoms with Gasteiger partial charge in [0.2, 0.25) is 5.76 Å². The minimum Gasteiger partial charge on any atom is -0.475 e. The van der Waals surface area contributed by atoms with E-state index in [0.29, 0.717) is 5.09 Å². The largest absolute Gasteiger partial charge is 0.475 e. The summed E-state index contributed by atoms with van der Waals surface area (Å²) in [7, 11) is 0. The average Bonchev–Trinajstić information content (AvgIpc) is 2.52. The minimum absolute atomic E-state index is 0.0252. The number of rotatable bonds is 4. The van der Waals surface area contributed by atoms with Crippen LogP contribution in [0, 0.1) is 0 Å². The van der Waals surface area contributed by atoms with Gasteiger partial charge in [-0.05, 0) is 19.1 Å². The van der Waals surface area contributed by atoms with Gasteiger partial charge >= 0.3 is 5.97 Å². The van der Waals surface area contributed by atoms with Gasteiger partial charge < -0.3 is 14.6 Å². The van der Waals surface area contributed by atoms with Crippen LogP contribution in [0.15, 0.2) is 21.6 Å². The van der Waals surface area contributed by atoms with E-state index in [1.165, 1.54) is 17.8 Å². The summed E-state index contributed by atoms with van der Waals surface area (Å²) in [5.41, 5.74) is 0. The van der Waals surface area contributed by atoms with Crippen molar-refractivity contribution in [3.05, 3.63) is 17.9 Å². The van der Waals surface area contributed by atoms with E-state index in [0.717, 1.165) is 0 Å². The zero-order valence-corrected chi connectivity index (χ0v) is 8.75. The number of thioether (sulfide) groups is 1. The highest BCUT2D eigenvalue weighted by atomic mass is 32.2. The Balaban J connectivity index is 2.64. The normalized spacial score (nSPS) is 15.1. The standard InChI is InChI=1S/C9H12O4S/c1-5(10)6(2)14-8-4-3-7(13-8)9(11)12/h3-6,10H,1-2H3,(H,11,12). The van der Waals surface area contributed by atoms with Crippen LogP contribution in [-0.4, -0.2) is 27.5 Å². The lowest BCUT2D eigenvalue weighted by atomic mass is 10.3. The van der Waals surface area contributed by atoms with E-state index in [-0.39, 0.29) is 11.0 Å². The van der Waals surface area contributed by atoms with Crippen molar-refractivity contribution < 1.29 is 19.4 Å². The van der Waals surface area contributed by atoms with Crippen molar-refractivity contribution >= 4 is 17.7 Å². The van der Waals surface area contributed by atoms with Crippen molar-refractivity contribution in [1.29, 1.82) is 0 Å². The van der Waals surface area contributed by atoms with E-state index >= 15 is 0 Å². The number of furan rings is 1. The topological polar surface area (TPSA) is 70.7 Å². The molecular weight excluding hydrogens is 204 g/mol. The number of carbonyl (C=O) groups is 1. The molecule has 0 spiro atoms. The first-order valence-electron chi connectivity index (χ1n) is 4.18. The fourth-order valence-corrected chi connectivity index (χ4v) is 1.63. The molecule has 0 saturated carbocycles. The molecular formula is C9H12O4S. The zero-order valence-electron chi connectivity index (χ0n) is 7.93. The lowest BCUT2D eigenvalue weighted by Crippen LogP contribution is -2.14. The Morgan fingerprint density at radius 3 is 2.57 bits per heavy atom. The molecule has 1 aromatic heterocycles. The van der Waals surface area contributed by atoms with Gasteiger partial charge in [-0.1, -0.05) is 18.7 Å². The number of carboxylic acids is 1. The van der Waals surface area contributed by atoms with E-state index in [9.17, 15) is 9.90 Å². The lowest BCUT2D eigenvalue weighted by molar-refractivity contribution is 0.0656. The zero-order chi connectivity index (χ0) is 10.7. The molecule has 0 aromatic carbocycles. The van der Waals surface area contributed by atoms with Gasteiger partial charge in [0.1, 0.15) is 0 Å². The molecule has 0 amide bonds. The molecule has 0 aliphatic rings. The SMILES string of the molecule is CC(O)C(C)Sc1ccc(C(=O)O)o1. The third-order valence-corrected chi connectivity index (χ3v) is 2.99. The van der Waals surface area contributed by atoms with Gasteiger partial charge in [0, 0.05) is 5.25 Å². The van der Waals surface area contributed by atoms with Gasteiger partial charge in [-0.3, -0.25) is 0 Å². The molecule has 0 aliphatic carbocycles. The highest BCUT2D eigenvalue weighted by molar-refractivity contribution is 7.99. The molecule has 0 aliphatic heterocycles. The van der Waals surface area contributed by atoms with Crippen molar-refractivity contribution in [2.45, 2.75) is 30.3 Å². The van der Waals surface area contributed by atoms with Crippen LogP contribution >= 0.6 is 11.8 Å². The molecule has 0 bridgehead atoms. The Hall–Kier alpha value is -0.940. The number of aliphatic hydroxyl groups is 1. The second-order valence-electron chi connectivity index (χ2n) is 2.99. The van der Waals surface area contributed by atoms with Gasteiger partial charge in [0.25, 0.3) is 0 Å². The number of aliphatic hydroxyl groups excluding tert-OH is 1. The van der Waals surface area contributed by atoms with Crippen LogP contribution in [0.3, 0.4) is 0 Å². The first kappa shape index (κ1) is 11.1. The van der Waals surface area contributed by atoms with Crippen LogP contribution < -0.4 is 0 Å². The van der Waals surface area contributed by atoms with Gasteiger partial charge in [0.05, 0.1) is 6.10 Å². The number of carboxylic acid groups (broad SMARTS) is 1. The van der Waals surface area contributed by atoms with Crippen molar-refractivity contribution in [2.75, 3.05) is 0 Å². The lowest BCUT2D eigenvalue weighted by Gasteiger charge is -2.11. The number of hydrogen-bond donors (Lipinski definition) is 2. The predicted octanol–water partition coefficient (Wildman–Crippen LogP) is 1.84. The summed E-state index contributed by atoms with van der Waals surface area (Å²) >= 11 is 1.31. The first-order valence-corrected chi connectivity index (χ1v) is 5.06. The van der Waals surface area contributed by atoms with E-state index < -0.39 is 12.1 Å². The Morgan fingerprint density at radius 2 is 2.14 bits per heavy atom. The highest BCUT2D eigenvalue weighted by Gasteiger charge is 2.14. The quantitative estimate of drug-likeness (QED) is 0.751. The van der Waals surface area contributed by atoms with E-state index in [2.05, 4.69) is 0 Å². The molecule has 4 nitrogen and oxygen atoms in total. The van der Waals surface area contributed by atoms with Crippen molar-refractivity contribution in [3.8, 4) is 0 Å². The smallest absolute Gasteiger partial charge is 0.371 e. The second kappa shape index (κ2) is 4.52. The van der Waals surface area contributed by atoms with E-state index in [1.807, 2.05) is 6.92 Å². The molecule has 0 radical (unpaired) electrons. The molecule has 1 heterocycles. The highest BCUT2D eigenvalue weighted by Crippen LogP contribution is 2.26. The van der Waals surface area contributed by atoms with Crippen LogP contribution in [0.2, 0.25) is 0 Å². The summed E-state index contributed by atoms with van der Waals surface area (Å²) in [5.74, 6) is -1.16. The van der Waals surface area contributed by atoms with Crippen molar-refractivity contribution in [3.63, 3.8) is 0 Å². The molecule has 78 valence electrons. The Bertz CT molecular complexity index is 318. The molecule has 5 heteroatoms. The first-order chi connectivity index (χ1) is 6.50. The van der Waals surface area contributed by atoms with Crippen LogP contribution in [0.4, 0.5) is 0 Å². The summed E-state index contributed by atoms with van der Waals surface area (Å²) in [4.78, 5) is 10.5. The van der Waals surface area contributed by atoms with Crippen molar-refractivity contribution in [1.82, 2.24) is 0 Å². The maximum atomic E-state index is 10.5. The molecule has 2 N–H and O–H groups in total. The summed E-state index contributed by atoms with van der Waals surface area (Å²) in [5, 5.41) is 18.3. The van der Waals surface area contributed by atoms with Gasteiger partial charge in [-0.2, -0.15) is 0 Å². The van der Waals surface area contributed by atoms with Crippen LogP contribution in [0.25, 0.3) is 0 Å². The number of aromatic carboxylic acids is 1. The fraction of sp³-hybridized carbons (Fsp3) is 0.444. The molecule has 1 rings (SSSR count). The van der Waals surface area contributed by atoms with Gasteiger partial charge in [0.15, 0.2) is 5.09 Å². The second-order valence-corrected chi connectivity index (χ2v) is 4.37. The van der Waals surface area contributed by atoms with Crippen molar-refractivity contribution in [2.24, 2.45) is 0 Å². The molecule has 2 atom stereocenters. The Labute approximate surface area is 85.9 Å². The summed E-state index contributed by atoms with van der Waals surface area (Å²) < 4.78 is 5.02. The van der Waals surface area contributed by atoms with Gasteiger partial charge in [-0.25, -0.2) is 4.79 Å². The van der Waals surface area contributed by atoms with Gasteiger partial charge in [-0.15, -0.1) is 0 Å². The van der Waals surface area contributed by atoms with E-state index in [4.69, 9.17) is 9.52 Å². The average molecular weight is 216 g/mol. The monoisotopic (exact) mass is 216 g/mol. The van der Waals surface area contributed by atoms with E-state index in [1.54, 1.807) is 13.0 Å². The van der Waals surface area contributed by atoms with Crippen LogP contribution in [0.5, 0.6) is 0 Å². The molecule has 0 saturated heterocycles. The fourth-order valence-electron chi connectivity index (χ4n) is 0.780. The molecule has 0 fully saturated rings. The minimum atomic E-state index is -1.08. The Kier molecular flexibility index (Phi) is 3.60. The summed E-state index contributed by atoms with van der Waals surface area (Å²) in [6.07, 6.45) is -0.460. The third-order valence-electron chi connectivity index (χ3n) is 1.77. The maximum Gasteiger partial charge on any atom is 0.371 e. The summed E-state index contributed by atoms with van der Waals surface area (Å²) in [6, 6.07) is 2.99. The Morgan fingerprint density at radius 1 is 1.50 bits per heavy atom. The van der Waals surface area contributed by atoms with Crippen LogP contribution in [-0.2, 0) is 0 Å². The predicted molar refractivity (Wildman–Crippen MR) is 52.7 cm³/mol. The summed E-state index contributed by atoms with van der Waals surface area (Å²) in [6.45, 7) is 3.52. The molecule has 2 unspecified atom stereocenters.